The first kappa shape index (κ1) is 12.8. The lowest BCUT2D eigenvalue weighted by atomic mass is 9.81. The summed E-state index contributed by atoms with van der Waals surface area (Å²) in [5, 5.41) is 5.07. The molecular weight excluding hydrogens is 264 g/mol. The van der Waals surface area contributed by atoms with Crippen molar-refractivity contribution in [2.24, 2.45) is 11.3 Å². The fraction of sp³-hybridized carbons (Fsp3) is 0.588. The molecule has 2 aliphatic rings. The number of thiazole rings is 1. The van der Waals surface area contributed by atoms with Crippen LogP contribution >= 0.6 is 11.3 Å². The Labute approximate surface area is 124 Å². The van der Waals surface area contributed by atoms with Crippen LogP contribution in [0.15, 0.2) is 24.3 Å². The molecule has 0 saturated heterocycles. The maximum Gasteiger partial charge on any atom is 0.0944 e. The van der Waals surface area contributed by atoms with E-state index in [2.05, 4.69) is 36.5 Å². The second-order valence-electron chi connectivity index (χ2n) is 6.84. The summed E-state index contributed by atoms with van der Waals surface area (Å²) in [6, 6.07) is 9.32. The second kappa shape index (κ2) is 4.81. The Morgan fingerprint density at radius 2 is 2.05 bits per heavy atom. The molecule has 2 fully saturated rings. The van der Waals surface area contributed by atoms with Crippen molar-refractivity contribution in [3.05, 3.63) is 29.3 Å². The number of fused-ring (bicyclic) bond motifs is 1. The first-order chi connectivity index (χ1) is 9.73. The Morgan fingerprint density at radius 1 is 1.25 bits per heavy atom. The predicted molar refractivity (Wildman–Crippen MR) is 85.2 cm³/mol. The zero-order valence-electron chi connectivity index (χ0n) is 12.1. The van der Waals surface area contributed by atoms with Crippen LogP contribution in [0.25, 0.3) is 10.2 Å². The molecule has 1 atom stereocenters. The summed E-state index contributed by atoms with van der Waals surface area (Å²) in [5.41, 5.74) is 1.57. The molecule has 1 heterocycles. The van der Waals surface area contributed by atoms with Crippen LogP contribution in [0.1, 0.15) is 37.6 Å². The maximum absolute atomic E-state index is 4.84. The van der Waals surface area contributed by atoms with Gasteiger partial charge in [0, 0.05) is 19.0 Å². The van der Waals surface area contributed by atoms with E-state index in [9.17, 15) is 0 Å². The van der Waals surface area contributed by atoms with Crippen molar-refractivity contribution in [2.45, 2.75) is 45.1 Å². The quantitative estimate of drug-likeness (QED) is 0.868. The molecule has 1 N–H and O–H groups in total. The van der Waals surface area contributed by atoms with Crippen LogP contribution in [-0.2, 0) is 6.42 Å². The van der Waals surface area contributed by atoms with Gasteiger partial charge < -0.3 is 5.32 Å². The van der Waals surface area contributed by atoms with Gasteiger partial charge in [0.2, 0.25) is 0 Å². The fourth-order valence-corrected chi connectivity index (χ4v) is 4.30. The van der Waals surface area contributed by atoms with E-state index in [-0.39, 0.29) is 0 Å². The normalized spacial score (nSPS) is 22.1. The van der Waals surface area contributed by atoms with E-state index in [1.54, 1.807) is 0 Å². The molecule has 0 amide bonds. The van der Waals surface area contributed by atoms with Crippen molar-refractivity contribution in [1.82, 2.24) is 10.3 Å². The minimum atomic E-state index is 0.399. The predicted octanol–water partition coefficient (Wildman–Crippen LogP) is 4.01. The molecular formula is C17H22N2S. The summed E-state index contributed by atoms with van der Waals surface area (Å²) in [7, 11) is 0. The van der Waals surface area contributed by atoms with E-state index in [0.717, 1.165) is 24.9 Å². The number of hydrogen-bond donors (Lipinski definition) is 1. The number of aromatic nitrogens is 1. The molecule has 2 aliphatic carbocycles. The van der Waals surface area contributed by atoms with Crippen LogP contribution < -0.4 is 5.32 Å². The number of nitrogens with zero attached hydrogens (tertiary/aromatic N) is 1. The highest BCUT2D eigenvalue weighted by atomic mass is 32.1. The van der Waals surface area contributed by atoms with Gasteiger partial charge in [0.1, 0.15) is 0 Å². The summed E-state index contributed by atoms with van der Waals surface area (Å²) in [4.78, 5) is 4.84. The molecule has 4 rings (SSSR count). The van der Waals surface area contributed by atoms with Crippen LogP contribution in [0.5, 0.6) is 0 Å². The lowest BCUT2D eigenvalue weighted by molar-refractivity contribution is 0.254. The van der Waals surface area contributed by atoms with Gasteiger partial charge in [-0.25, -0.2) is 4.98 Å². The van der Waals surface area contributed by atoms with Gasteiger partial charge in [-0.05, 0) is 49.1 Å². The Hall–Kier alpha value is -0.930. The molecule has 0 radical (unpaired) electrons. The highest BCUT2D eigenvalue weighted by Crippen LogP contribution is 2.48. The fourth-order valence-electron chi connectivity index (χ4n) is 3.14. The van der Waals surface area contributed by atoms with Gasteiger partial charge in [-0.15, -0.1) is 11.3 Å². The van der Waals surface area contributed by atoms with E-state index in [0.29, 0.717) is 5.41 Å². The third-order valence-electron chi connectivity index (χ3n) is 4.83. The minimum Gasteiger partial charge on any atom is -0.313 e. The number of hydrogen-bond acceptors (Lipinski definition) is 3. The SMILES string of the molecule is CC(CNC1CC1)(Cc1nc2ccccc2s1)C1CC1. The van der Waals surface area contributed by atoms with Gasteiger partial charge >= 0.3 is 0 Å². The monoisotopic (exact) mass is 286 g/mol. The lowest BCUT2D eigenvalue weighted by Crippen LogP contribution is -2.36. The molecule has 2 aromatic rings. The van der Waals surface area contributed by atoms with Crippen molar-refractivity contribution < 1.29 is 0 Å². The summed E-state index contributed by atoms with van der Waals surface area (Å²) in [5.74, 6) is 0.903. The molecule has 3 heteroatoms. The average Bonchev–Trinajstić information content (AvgIpc) is 3.33. The van der Waals surface area contributed by atoms with E-state index < -0.39 is 0 Å². The van der Waals surface area contributed by atoms with Crippen LogP contribution in [0.3, 0.4) is 0 Å². The van der Waals surface area contributed by atoms with Crippen molar-refractivity contribution in [2.75, 3.05) is 6.54 Å². The number of benzene rings is 1. The molecule has 106 valence electrons. The van der Waals surface area contributed by atoms with Gasteiger partial charge in [-0.2, -0.15) is 0 Å². The van der Waals surface area contributed by atoms with E-state index in [1.807, 2.05) is 11.3 Å². The number of nitrogens with one attached hydrogen (secondary N) is 1. The summed E-state index contributed by atoms with van der Waals surface area (Å²) in [6.07, 6.45) is 6.71. The summed E-state index contributed by atoms with van der Waals surface area (Å²) in [6.45, 7) is 3.63. The zero-order valence-corrected chi connectivity index (χ0v) is 12.9. The van der Waals surface area contributed by atoms with Gasteiger partial charge in [0.15, 0.2) is 0 Å². The molecule has 2 saturated carbocycles. The van der Waals surface area contributed by atoms with Crippen molar-refractivity contribution in [3.8, 4) is 0 Å². The first-order valence-corrected chi connectivity index (χ1v) is 8.62. The van der Waals surface area contributed by atoms with E-state index in [1.165, 1.54) is 40.9 Å². The zero-order chi connectivity index (χ0) is 13.6. The molecule has 0 aliphatic heterocycles. The minimum absolute atomic E-state index is 0.399. The van der Waals surface area contributed by atoms with Crippen molar-refractivity contribution in [3.63, 3.8) is 0 Å². The Balaban J connectivity index is 1.53. The molecule has 2 nitrogen and oxygen atoms in total. The average molecular weight is 286 g/mol. The van der Waals surface area contributed by atoms with Crippen molar-refractivity contribution in [1.29, 1.82) is 0 Å². The third kappa shape index (κ3) is 2.61. The van der Waals surface area contributed by atoms with Gasteiger partial charge in [-0.3, -0.25) is 0 Å². The highest BCUT2D eigenvalue weighted by Gasteiger charge is 2.42. The molecule has 20 heavy (non-hydrogen) atoms. The molecule has 1 unspecified atom stereocenters. The standard InChI is InChI=1S/C17H22N2S/c1-17(12-6-7-12,11-18-13-8-9-13)10-16-19-14-4-2-3-5-15(14)20-16/h2-5,12-13,18H,6-11H2,1H3. The number of rotatable bonds is 6. The second-order valence-corrected chi connectivity index (χ2v) is 7.95. The van der Waals surface area contributed by atoms with E-state index in [4.69, 9.17) is 4.98 Å². The van der Waals surface area contributed by atoms with E-state index >= 15 is 0 Å². The Kier molecular flexibility index (Phi) is 3.08. The van der Waals surface area contributed by atoms with Crippen LogP contribution in [0.4, 0.5) is 0 Å². The molecule has 0 bridgehead atoms. The Bertz CT molecular complexity index is 579. The molecule has 0 spiro atoms. The maximum atomic E-state index is 4.84. The summed E-state index contributed by atoms with van der Waals surface area (Å²) >= 11 is 1.88. The van der Waals surface area contributed by atoms with Gasteiger partial charge in [-0.1, -0.05) is 19.1 Å². The number of para-hydroxylation sites is 1. The van der Waals surface area contributed by atoms with Gasteiger partial charge in [0.25, 0.3) is 0 Å². The molecule has 1 aromatic heterocycles. The third-order valence-corrected chi connectivity index (χ3v) is 5.86. The molecule has 1 aromatic carbocycles. The topological polar surface area (TPSA) is 24.9 Å². The van der Waals surface area contributed by atoms with Crippen molar-refractivity contribution >= 4 is 21.6 Å². The van der Waals surface area contributed by atoms with Crippen LogP contribution in [-0.4, -0.2) is 17.6 Å². The smallest absolute Gasteiger partial charge is 0.0944 e. The Morgan fingerprint density at radius 3 is 2.75 bits per heavy atom. The lowest BCUT2D eigenvalue weighted by Gasteiger charge is -2.29. The largest absolute Gasteiger partial charge is 0.313 e. The highest BCUT2D eigenvalue weighted by molar-refractivity contribution is 7.18. The summed E-state index contributed by atoms with van der Waals surface area (Å²) < 4.78 is 1.33. The van der Waals surface area contributed by atoms with Crippen LogP contribution in [0.2, 0.25) is 0 Å². The van der Waals surface area contributed by atoms with Crippen LogP contribution in [0, 0.1) is 11.3 Å². The van der Waals surface area contributed by atoms with Gasteiger partial charge in [0.05, 0.1) is 15.2 Å². The first-order valence-electron chi connectivity index (χ1n) is 7.81.